The first-order valence-electron chi connectivity index (χ1n) is 6.60. The van der Waals surface area contributed by atoms with Crippen molar-refractivity contribution in [1.29, 1.82) is 0 Å². The summed E-state index contributed by atoms with van der Waals surface area (Å²) in [5.41, 5.74) is 2.45. The first-order chi connectivity index (χ1) is 10.2. The van der Waals surface area contributed by atoms with Crippen LogP contribution in [0.25, 0.3) is 10.9 Å². The van der Waals surface area contributed by atoms with Gasteiger partial charge < -0.3 is 9.30 Å². The molecule has 1 heterocycles. The zero-order valence-electron chi connectivity index (χ0n) is 11.5. The first kappa shape index (κ1) is 13.7. The number of carbonyl (C=O) groups excluding carboxylic acids is 1. The summed E-state index contributed by atoms with van der Waals surface area (Å²) in [6.07, 6.45) is 1.98. The van der Waals surface area contributed by atoms with Crippen molar-refractivity contribution in [1.82, 2.24) is 4.57 Å². The van der Waals surface area contributed by atoms with Crippen LogP contribution >= 0.6 is 11.6 Å². The van der Waals surface area contributed by atoms with E-state index in [0.717, 1.165) is 16.5 Å². The Morgan fingerprint density at radius 3 is 2.76 bits per heavy atom. The molecule has 21 heavy (non-hydrogen) atoms. The van der Waals surface area contributed by atoms with E-state index in [2.05, 4.69) is 0 Å². The number of fused-ring (bicyclic) bond motifs is 1. The van der Waals surface area contributed by atoms with Crippen LogP contribution in [-0.4, -0.2) is 17.6 Å². The molecule has 1 aromatic heterocycles. The number of hydrogen-bond acceptors (Lipinski definition) is 2. The smallest absolute Gasteiger partial charge is 0.338 e. The third kappa shape index (κ3) is 2.52. The number of para-hydroxylation sites is 1. The number of rotatable bonds is 3. The predicted molar refractivity (Wildman–Crippen MR) is 83.8 cm³/mol. The first-order valence-corrected chi connectivity index (χ1v) is 6.98. The van der Waals surface area contributed by atoms with Crippen molar-refractivity contribution in [2.24, 2.45) is 0 Å². The zero-order valence-corrected chi connectivity index (χ0v) is 12.3. The van der Waals surface area contributed by atoms with Gasteiger partial charge in [-0.05, 0) is 23.8 Å². The van der Waals surface area contributed by atoms with Crippen molar-refractivity contribution in [2.45, 2.75) is 6.54 Å². The molecular weight excluding hydrogens is 286 g/mol. The molecule has 106 valence electrons. The third-order valence-electron chi connectivity index (χ3n) is 3.50. The molecule has 0 saturated carbocycles. The summed E-state index contributed by atoms with van der Waals surface area (Å²) in [6.45, 7) is 0.568. The molecule has 0 bridgehead atoms. The van der Waals surface area contributed by atoms with Gasteiger partial charge in [0.2, 0.25) is 0 Å². The monoisotopic (exact) mass is 299 g/mol. The Balaban J connectivity index is 2.06. The number of aromatic nitrogens is 1. The summed E-state index contributed by atoms with van der Waals surface area (Å²) in [4.78, 5) is 11.8. The van der Waals surface area contributed by atoms with Crippen LogP contribution in [0, 0.1) is 0 Å². The van der Waals surface area contributed by atoms with Crippen molar-refractivity contribution >= 4 is 28.5 Å². The summed E-state index contributed by atoms with van der Waals surface area (Å²) in [7, 11) is 1.39. The van der Waals surface area contributed by atoms with E-state index in [1.54, 1.807) is 6.07 Å². The fraction of sp³-hybridized carbons (Fsp3) is 0.118. The van der Waals surface area contributed by atoms with Gasteiger partial charge in [0.1, 0.15) is 0 Å². The van der Waals surface area contributed by atoms with Crippen LogP contribution in [0.1, 0.15) is 15.9 Å². The third-order valence-corrected chi connectivity index (χ3v) is 3.81. The van der Waals surface area contributed by atoms with Gasteiger partial charge in [-0.3, -0.25) is 0 Å². The second kappa shape index (κ2) is 5.62. The standard InChI is InChI=1S/C17H14ClNO2/c1-21-17(20)14-7-3-2-5-13(14)11-19-10-9-12-6-4-8-15(18)16(12)19/h2-10H,11H2,1H3. The quantitative estimate of drug-likeness (QED) is 0.681. The summed E-state index contributed by atoms with van der Waals surface area (Å²) in [5.74, 6) is -0.326. The number of methoxy groups -OCH3 is 1. The molecule has 0 radical (unpaired) electrons. The molecule has 0 N–H and O–H groups in total. The van der Waals surface area contributed by atoms with Crippen LogP contribution in [0.5, 0.6) is 0 Å². The van der Waals surface area contributed by atoms with Gasteiger partial charge in [0.15, 0.2) is 0 Å². The van der Waals surface area contributed by atoms with Crippen LogP contribution < -0.4 is 0 Å². The Morgan fingerprint density at radius 1 is 1.14 bits per heavy atom. The average molecular weight is 300 g/mol. The summed E-state index contributed by atoms with van der Waals surface area (Å²) in [5, 5.41) is 1.78. The Kier molecular flexibility index (Phi) is 3.67. The number of nitrogens with zero attached hydrogens (tertiary/aromatic N) is 1. The van der Waals surface area contributed by atoms with E-state index in [0.29, 0.717) is 17.1 Å². The Bertz CT molecular complexity index is 807. The van der Waals surface area contributed by atoms with E-state index in [-0.39, 0.29) is 5.97 Å². The SMILES string of the molecule is COC(=O)c1ccccc1Cn1ccc2cccc(Cl)c21. The van der Waals surface area contributed by atoms with Gasteiger partial charge in [-0.25, -0.2) is 4.79 Å². The molecule has 0 aliphatic carbocycles. The van der Waals surface area contributed by atoms with Crippen molar-refractivity contribution in [3.8, 4) is 0 Å². The molecule has 0 saturated heterocycles. The van der Waals surface area contributed by atoms with Crippen LogP contribution in [0.4, 0.5) is 0 Å². The van der Waals surface area contributed by atoms with Gasteiger partial charge in [0.25, 0.3) is 0 Å². The molecule has 0 aliphatic heterocycles. The van der Waals surface area contributed by atoms with Crippen molar-refractivity contribution in [3.63, 3.8) is 0 Å². The van der Waals surface area contributed by atoms with Crippen LogP contribution in [0.3, 0.4) is 0 Å². The highest BCUT2D eigenvalue weighted by Crippen LogP contribution is 2.25. The highest BCUT2D eigenvalue weighted by Gasteiger charge is 2.12. The number of benzene rings is 2. The van der Waals surface area contributed by atoms with Crippen LogP contribution in [0.2, 0.25) is 5.02 Å². The lowest BCUT2D eigenvalue weighted by atomic mass is 10.1. The highest BCUT2D eigenvalue weighted by atomic mass is 35.5. The summed E-state index contributed by atoms with van der Waals surface area (Å²) >= 11 is 6.29. The Morgan fingerprint density at radius 2 is 1.95 bits per heavy atom. The molecule has 0 atom stereocenters. The zero-order chi connectivity index (χ0) is 14.8. The van der Waals surface area contributed by atoms with Gasteiger partial charge in [-0.2, -0.15) is 0 Å². The van der Waals surface area contributed by atoms with Crippen molar-refractivity contribution in [2.75, 3.05) is 7.11 Å². The molecule has 0 unspecified atom stereocenters. The molecular formula is C17H14ClNO2. The minimum atomic E-state index is -0.326. The number of carbonyl (C=O) groups is 1. The number of esters is 1. The van der Waals surface area contributed by atoms with E-state index in [1.807, 2.05) is 53.2 Å². The minimum absolute atomic E-state index is 0.326. The molecule has 0 fully saturated rings. The molecule has 3 rings (SSSR count). The van der Waals surface area contributed by atoms with Crippen molar-refractivity contribution < 1.29 is 9.53 Å². The normalized spacial score (nSPS) is 10.8. The Hall–Kier alpha value is -2.26. The van der Waals surface area contributed by atoms with E-state index in [1.165, 1.54) is 7.11 Å². The maximum Gasteiger partial charge on any atom is 0.338 e. The largest absolute Gasteiger partial charge is 0.465 e. The van der Waals surface area contributed by atoms with E-state index in [9.17, 15) is 4.79 Å². The second-order valence-electron chi connectivity index (χ2n) is 4.77. The van der Waals surface area contributed by atoms with Crippen LogP contribution in [0.15, 0.2) is 54.7 Å². The maximum atomic E-state index is 11.8. The predicted octanol–water partition coefficient (Wildman–Crippen LogP) is 4.13. The lowest BCUT2D eigenvalue weighted by Crippen LogP contribution is -2.08. The minimum Gasteiger partial charge on any atom is -0.465 e. The molecule has 3 aromatic rings. The topological polar surface area (TPSA) is 31.2 Å². The molecule has 3 nitrogen and oxygen atoms in total. The second-order valence-corrected chi connectivity index (χ2v) is 5.18. The van der Waals surface area contributed by atoms with Gasteiger partial charge in [-0.15, -0.1) is 0 Å². The lowest BCUT2D eigenvalue weighted by Gasteiger charge is -2.10. The number of hydrogen-bond donors (Lipinski definition) is 0. The van der Waals surface area contributed by atoms with E-state index < -0.39 is 0 Å². The lowest BCUT2D eigenvalue weighted by molar-refractivity contribution is 0.0599. The maximum absolute atomic E-state index is 11.8. The Labute approximate surface area is 127 Å². The summed E-state index contributed by atoms with van der Waals surface area (Å²) in [6, 6.07) is 15.3. The van der Waals surface area contributed by atoms with Crippen LogP contribution in [-0.2, 0) is 11.3 Å². The fourth-order valence-corrected chi connectivity index (χ4v) is 2.79. The fourth-order valence-electron chi connectivity index (χ4n) is 2.50. The van der Waals surface area contributed by atoms with Gasteiger partial charge in [-0.1, -0.05) is 41.9 Å². The molecule has 4 heteroatoms. The molecule has 0 amide bonds. The van der Waals surface area contributed by atoms with Gasteiger partial charge in [0.05, 0.1) is 23.2 Å². The number of ether oxygens (including phenoxy) is 1. The summed E-state index contributed by atoms with van der Waals surface area (Å²) < 4.78 is 6.87. The van der Waals surface area contributed by atoms with E-state index >= 15 is 0 Å². The van der Waals surface area contributed by atoms with Gasteiger partial charge >= 0.3 is 5.97 Å². The molecule has 0 aliphatic rings. The molecule has 0 spiro atoms. The van der Waals surface area contributed by atoms with E-state index in [4.69, 9.17) is 16.3 Å². The van der Waals surface area contributed by atoms with Crippen molar-refractivity contribution in [3.05, 3.63) is 70.9 Å². The molecule has 2 aromatic carbocycles. The highest BCUT2D eigenvalue weighted by molar-refractivity contribution is 6.35. The number of halogens is 1. The average Bonchev–Trinajstić information content (AvgIpc) is 2.91. The van der Waals surface area contributed by atoms with Gasteiger partial charge in [0, 0.05) is 18.1 Å².